The van der Waals surface area contributed by atoms with Crippen LogP contribution in [0.15, 0.2) is 30.5 Å². The summed E-state index contributed by atoms with van der Waals surface area (Å²) in [6.45, 7) is 8.88. The third-order valence-corrected chi connectivity index (χ3v) is 7.96. The highest BCUT2D eigenvalue weighted by Gasteiger charge is 2.36. The zero-order chi connectivity index (χ0) is 25.6. The minimum absolute atomic E-state index is 0.215. The molecular weight excluding hydrogens is 505 g/mol. The minimum Gasteiger partial charge on any atom is -0.379 e. The van der Waals surface area contributed by atoms with Crippen molar-refractivity contribution in [3.8, 4) is 5.69 Å². The van der Waals surface area contributed by atoms with Crippen LogP contribution in [0.2, 0.25) is 0 Å². The van der Waals surface area contributed by atoms with Gasteiger partial charge < -0.3 is 15.0 Å². The zero-order valence-corrected chi connectivity index (χ0v) is 21.3. The summed E-state index contributed by atoms with van der Waals surface area (Å²) in [5.41, 5.74) is 0.0745. The van der Waals surface area contributed by atoms with Gasteiger partial charge in [0.2, 0.25) is 5.95 Å². The van der Waals surface area contributed by atoms with Crippen LogP contribution in [0.25, 0.3) is 16.7 Å². The molecule has 0 radical (unpaired) electrons. The molecule has 6 rings (SSSR count). The molecule has 1 aromatic carbocycles. The van der Waals surface area contributed by atoms with Crippen LogP contribution in [-0.2, 0) is 10.9 Å². The lowest BCUT2D eigenvalue weighted by Gasteiger charge is -2.47. The van der Waals surface area contributed by atoms with E-state index in [9.17, 15) is 13.2 Å². The van der Waals surface area contributed by atoms with Crippen LogP contribution in [0, 0.1) is 0 Å². The van der Waals surface area contributed by atoms with Crippen molar-refractivity contribution in [1.82, 2.24) is 29.0 Å². The Morgan fingerprint density at radius 2 is 1.89 bits per heavy atom. The first-order valence-electron chi connectivity index (χ1n) is 12.5. The van der Waals surface area contributed by atoms with Crippen molar-refractivity contribution < 1.29 is 17.9 Å². The van der Waals surface area contributed by atoms with Gasteiger partial charge in [-0.15, -0.1) is 0 Å². The molecular formula is C24H29F3N8OS. The highest BCUT2D eigenvalue weighted by molar-refractivity contribution is 7.97. The van der Waals surface area contributed by atoms with Crippen molar-refractivity contribution in [3.05, 3.63) is 36.0 Å². The number of halogens is 3. The van der Waals surface area contributed by atoms with Crippen LogP contribution < -0.4 is 10.2 Å². The number of morpholine rings is 1. The molecule has 3 aliphatic heterocycles. The molecule has 0 spiro atoms. The first kappa shape index (κ1) is 24.7. The van der Waals surface area contributed by atoms with Gasteiger partial charge in [0.05, 0.1) is 42.1 Å². The summed E-state index contributed by atoms with van der Waals surface area (Å²) in [5.74, 6) is 2.25. The summed E-state index contributed by atoms with van der Waals surface area (Å²) in [4.78, 5) is 14.2. The number of aromatic nitrogens is 4. The molecule has 0 unspecified atom stereocenters. The zero-order valence-electron chi connectivity index (χ0n) is 20.5. The number of ether oxygens (including phenoxy) is 1. The van der Waals surface area contributed by atoms with E-state index in [1.165, 1.54) is 10.7 Å². The normalized spacial score (nSPS) is 20.3. The molecule has 5 heterocycles. The summed E-state index contributed by atoms with van der Waals surface area (Å²) in [5, 5.41) is 8.60. The van der Waals surface area contributed by atoms with E-state index in [1.807, 2.05) is 0 Å². The second-order valence-electron chi connectivity index (χ2n) is 9.53. The predicted octanol–water partition coefficient (Wildman–Crippen LogP) is 3.12. The Morgan fingerprint density at radius 3 is 2.62 bits per heavy atom. The summed E-state index contributed by atoms with van der Waals surface area (Å²) in [6.07, 6.45) is -2.79. The smallest absolute Gasteiger partial charge is 0.379 e. The average Bonchev–Trinajstić information content (AvgIpc) is 3.26. The Balaban J connectivity index is 1.31. The van der Waals surface area contributed by atoms with Crippen LogP contribution in [0.1, 0.15) is 12.5 Å². The van der Waals surface area contributed by atoms with Gasteiger partial charge in [0.25, 0.3) is 0 Å². The van der Waals surface area contributed by atoms with Crippen LogP contribution in [-0.4, -0.2) is 99.3 Å². The number of rotatable bonds is 7. The molecule has 0 saturated carbocycles. The van der Waals surface area contributed by atoms with E-state index in [2.05, 4.69) is 31.4 Å². The number of anilines is 2. The van der Waals surface area contributed by atoms with Crippen molar-refractivity contribution in [2.45, 2.75) is 25.2 Å². The van der Waals surface area contributed by atoms with Crippen molar-refractivity contribution in [2.75, 3.05) is 68.5 Å². The van der Waals surface area contributed by atoms with E-state index in [0.717, 1.165) is 81.6 Å². The Morgan fingerprint density at radius 1 is 1.11 bits per heavy atom. The molecule has 37 heavy (non-hydrogen) atoms. The molecule has 0 aliphatic carbocycles. The number of benzene rings is 1. The van der Waals surface area contributed by atoms with E-state index < -0.39 is 11.7 Å². The number of hydrogen-bond donors (Lipinski definition) is 1. The van der Waals surface area contributed by atoms with Gasteiger partial charge in [0.1, 0.15) is 5.82 Å². The first-order valence-corrected chi connectivity index (χ1v) is 13.5. The van der Waals surface area contributed by atoms with Crippen LogP contribution >= 0.6 is 11.9 Å². The van der Waals surface area contributed by atoms with Crippen molar-refractivity contribution in [2.24, 2.45) is 0 Å². The Labute approximate surface area is 217 Å². The van der Waals surface area contributed by atoms with Gasteiger partial charge >= 0.3 is 6.18 Å². The van der Waals surface area contributed by atoms with E-state index in [-0.39, 0.29) is 6.04 Å². The minimum atomic E-state index is -4.44. The summed E-state index contributed by atoms with van der Waals surface area (Å²) < 4.78 is 49.4. The molecule has 9 nitrogen and oxygen atoms in total. The fraction of sp³-hybridized carbons (Fsp3) is 0.542. The van der Waals surface area contributed by atoms with Crippen LogP contribution in [0.4, 0.5) is 24.9 Å². The highest BCUT2D eigenvalue weighted by Crippen LogP contribution is 2.34. The van der Waals surface area contributed by atoms with E-state index in [1.54, 1.807) is 24.2 Å². The van der Waals surface area contributed by atoms with Gasteiger partial charge in [0.15, 0.2) is 5.65 Å². The second kappa shape index (κ2) is 9.93. The third-order valence-electron chi connectivity index (χ3n) is 7.04. The maximum atomic E-state index is 13.4. The number of nitrogens with one attached hydrogen (secondary N) is 1. The first-order chi connectivity index (χ1) is 17.9. The molecule has 3 aliphatic rings. The molecule has 3 saturated heterocycles. The maximum absolute atomic E-state index is 13.4. The third kappa shape index (κ3) is 4.97. The number of fused-ring (bicyclic) bond motifs is 1. The summed E-state index contributed by atoms with van der Waals surface area (Å²) >= 11 is 1.80. The van der Waals surface area contributed by atoms with Gasteiger partial charge in [-0.1, -0.05) is 24.9 Å². The number of alkyl halides is 3. The lowest BCUT2D eigenvalue weighted by molar-refractivity contribution is -0.137. The van der Waals surface area contributed by atoms with Crippen molar-refractivity contribution in [1.29, 1.82) is 0 Å². The maximum Gasteiger partial charge on any atom is 0.416 e. The highest BCUT2D eigenvalue weighted by atomic mass is 32.2. The van der Waals surface area contributed by atoms with Gasteiger partial charge in [0, 0.05) is 51.1 Å². The molecule has 0 atom stereocenters. The Bertz CT molecular complexity index is 1250. The standard InChI is InChI=1S/C24H29F3N8OS/c1-2-37-34-12-17(13-34)29-23-30-21(33-14-19(15-33)32-6-8-36-9-7-32)20-11-28-35(22(20)31-23)18-5-3-4-16(10-18)24(25,26)27/h3-5,10-11,17,19H,2,6-9,12-15H2,1H3,(H,29,30,31). The van der Waals surface area contributed by atoms with Crippen LogP contribution in [0.5, 0.6) is 0 Å². The SMILES string of the molecule is CCSN1CC(Nc2nc(N3CC(N4CCOCC4)C3)c3cnn(-c4cccc(C(F)(F)F)c4)c3n2)C1. The van der Waals surface area contributed by atoms with Gasteiger partial charge in [-0.2, -0.15) is 28.2 Å². The molecule has 3 aromatic rings. The van der Waals surface area contributed by atoms with Gasteiger partial charge in [-0.3, -0.25) is 4.90 Å². The van der Waals surface area contributed by atoms with E-state index in [4.69, 9.17) is 14.7 Å². The monoisotopic (exact) mass is 534 g/mol. The van der Waals surface area contributed by atoms with Crippen molar-refractivity contribution >= 4 is 34.7 Å². The van der Waals surface area contributed by atoms with E-state index in [0.29, 0.717) is 23.3 Å². The molecule has 198 valence electrons. The fourth-order valence-corrected chi connectivity index (χ4v) is 5.94. The molecule has 3 fully saturated rings. The molecule has 2 aromatic heterocycles. The number of hydrogen-bond acceptors (Lipinski definition) is 9. The fourth-order valence-electron chi connectivity index (χ4n) is 5.00. The average molecular weight is 535 g/mol. The molecule has 1 N–H and O–H groups in total. The van der Waals surface area contributed by atoms with Gasteiger partial charge in [-0.25, -0.2) is 8.99 Å². The lowest BCUT2D eigenvalue weighted by Crippen LogP contribution is -2.61. The Hall–Kier alpha value is -2.61. The largest absolute Gasteiger partial charge is 0.416 e. The van der Waals surface area contributed by atoms with Crippen LogP contribution in [0.3, 0.4) is 0 Å². The Kier molecular flexibility index (Phi) is 6.63. The van der Waals surface area contributed by atoms with Gasteiger partial charge in [-0.05, 0) is 18.2 Å². The predicted molar refractivity (Wildman–Crippen MR) is 137 cm³/mol. The topological polar surface area (TPSA) is 74.6 Å². The van der Waals surface area contributed by atoms with Crippen molar-refractivity contribution in [3.63, 3.8) is 0 Å². The summed E-state index contributed by atoms with van der Waals surface area (Å²) in [7, 11) is 0. The molecule has 0 amide bonds. The quantitative estimate of drug-likeness (QED) is 0.460. The lowest BCUT2D eigenvalue weighted by atomic mass is 10.1. The molecule has 13 heteroatoms. The number of nitrogens with zero attached hydrogens (tertiary/aromatic N) is 7. The summed E-state index contributed by atoms with van der Waals surface area (Å²) in [6, 6.07) is 5.81. The van der Waals surface area contributed by atoms with E-state index >= 15 is 0 Å². The second-order valence-corrected chi connectivity index (χ2v) is 10.9. The molecule has 0 bridgehead atoms.